The molecular weight excluding hydrogens is 238 g/mol. The van der Waals surface area contributed by atoms with Gasteiger partial charge in [0.25, 0.3) is 0 Å². The molecule has 2 atom stereocenters. The maximum atomic E-state index is 11.3. The summed E-state index contributed by atoms with van der Waals surface area (Å²) in [5.74, 6) is 1.32. The van der Waals surface area contributed by atoms with Gasteiger partial charge >= 0.3 is 0 Å². The van der Waals surface area contributed by atoms with E-state index < -0.39 is 9.84 Å². The van der Waals surface area contributed by atoms with Crippen molar-refractivity contribution in [3.8, 4) is 0 Å². The Balaban J connectivity index is 1.64. The fourth-order valence-corrected chi connectivity index (χ4v) is 3.32. The molecule has 5 heteroatoms. The lowest BCUT2D eigenvalue weighted by Gasteiger charge is -2.19. The first-order chi connectivity index (χ1) is 8.12. The van der Waals surface area contributed by atoms with Crippen LogP contribution in [0.5, 0.6) is 0 Å². The zero-order valence-corrected chi connectivity index (χ0v) is 11.3. The average Bonchev–Trinajstić information content (AvgIpc) is 3.05. The van der Waals surface area contributed by atoms with Gasteiger partial charge in [0, 0.05) is 18.4 Å². The van der Waals surface area contributed by atoms with Crippen molar-refractivity contribution in [3.63, 3.8) is 0 Å². The highest BCUT2D eigenvalue weighted by atomic mass is 32.2. The molecule has 1 aliphatic heterocycles. The van der Waals surface area contributed by atoms with Gasteiger partial charge in [0.1, 0.15) is 9.84 Å². The topological polar surface area (TPSA) is 55.4 Å². The molecule has 0 radical (unpaired) electrons. The number of hydrogen-bond donors (Lipinski definition) is 1. The van der Waals surface area contributed by atoms with Crippen LogP contribution in [0.15, 0.2) is 0 Å². The highest BCUT2D eigenvalue weighted by Gasteiger charge is 2.40. The minimum atomic E-state index is -2.80. The van der Waals surface area contributed by atoms with Crippen LogP contribution in [-0.4, -0.2) is 45.2 Å². The van der Waals surface area contributed by atoms with Crippen LogP contribution in [-0.2, 0) is 14.6 Å². The third-order valence-corrected chi connectivity index (χ3v) is 5.49. The molecule has 0 spiro atoms. The van der Waals surface area contributed by atoms with E-state index in [1.165, 1.54) is 12.8 Å². The van der Waals surface area contributed by atoms with E-state index in [0.29, 0.717) is 24.3 Å². The van der Waals surface area contributed by atoms with Gasteiger partial charge in [-0.2, -0.15) is 0 Å². The lowest BCUT2D eigenvalue weighted by atomic mass is 10.1. The van der Waals surface area contributed by atoms with Crippen molar-refractivity contribution < 1.29 is 13.2 Å². The van der Waals surface area contributed by atoms with Crippen molar-refractivity contribution in [1.82, 2.24) is 5.32 Å². The van der Waals surface area contributed by atoms with Crippen LogP contribution in [0.1, 0.15) is 32.6 Å². The SMILES string of the molecule is CCS(=O)(=O)CCCNC1CCOC1C1CC1. The predicted molar refractivity (Wildman–Crippen MR) is 67.8 cm³/mol. The van der Waals surface area contributed by atoms with E-state index in [0.717, 1.165) is 25.5 Å². The van der Waals surface area contributed by atoms with E-state index in [-0.39, 0.29) is 5.75 Å². The Labute approximate surface area is 104 Å². The van der Waals surface area contributed by atoms with Gasteiger partial charge in [-0.15, -0.1) is 0 Å². The second kappa shape index (κ2) is 5.67. The molecule has 1 saturated carbocycles. The number of nitrogens with one attached hydrogen (secondary N) is 1. The van der Waals surface area contributed by atoms with E-state index in [1.807, 2.05) is 0 Å². The fraction of sp³-hybridized carbons (Fsp3) is 1.00. The Morgan fingerprint density at radius 2 is 2.06 bits per heavy atom. The summed E-state index contributed by atoms with van der Waals surface area (Å²) in [4.78, 5) is 0. The third kappa shape index (κ3) is 3.93. The van der Waals surface area contributed by atoms with Crippen molar-refractivity contribution in [2.24, 2.45) is 5.92 Å². The van der Waals surface area contributed by atoms with Gasteiger partial charge in [-0.25, -0.2) is 8.42 Å². The van der Waals surface area contributed by atoms with Gasteiger partial charge in [0.15, 0.2) is 0 Å². The molecule has 2 unspecified atom stereocenters. The van der Waals surface area contributed by atoms with E-state index >= 15 is 0 Å². The van der Waals surface area contributed by atoms with Crippen LogP contribution in [0.4, 0.5) is 0 Å². The summed E-state index contributed by atoms with van der Waals surface area (Å²) in [6, 6.07) is 0.451. The summed E-state index contributed by atoms with van der Waals surface area (Å²) in [6.45, 7) is 3.35. The maximum absolute atomic E-state index is 11.3. The van der Waals surface area contributed by atoms with Crippen molar-refractivity contribution in [1.29, 1.82) is 0 Å². The molecule has 2 aliphatic rings. The second-order valence-corrected chi connectivity index (χ2v) is 7.58. The standard InChI is InChI=1S/C12H23NO3S/c1-2-17(14,15)9-3-7-13-11-6-8-16-12(11)10-4-5-10/h10-13H,2-9H2,1H3. The third-order valence-electron chi connectivity index (χ3n) is 3.70. The number of rotatable bonds is 7. The van der Waals surface area contributed by atoms with Crippen LogP contribution < -0.4 is 5.32 Å². The highest BCUT2D eigenvalue weighted by Crippen LogP contribution is 2.38. The molecule has 1 aliphatic carbocycles. The lowest BCUT2D eigenvalue weighted by molar-refractivity contribution is 0.0812. The zero-order valence-electron chi connectivity index (χ0n) is 10.5. The van der Waals surface area contributed by atoms with Crippen LogP contribution in [0.3, 0.4) is 0 Å². The Morgan fingerprint density at radius 3 is 2.71 bits per heavy atom. The quantitative estimate of drug-likeness (QED) is 0.694. The Morgan fingerprint density at radius 1 is 1.29 bits per heavy atom. The number of ether oxygens (including phenoxy) is 1. The van der Waals surface area contributed by atoms with Crippen LogP contribution in [0.25, 0.3) is 0 Å². The summed E-state index contributed by atoms with van der Waals surface area (Å²) in [5, 5.41) is 3.46. The number of hydrogen-bond acceptors (Lipinski definition) is 4. The van der Waals surface area contributed by atoms with E-state index in [1.54, 1.807) is 6.92 Å². The van der Waals surface area contributed by atoms with Gasteiger partial charge < -0.3 is 10.1 Å². The summed E-state index contributed by atoms with van der Waals surface area (Å²) >= 11 is 0. The van der Waals surface area contributed by atoms with Crippen LogP contribution >= 0.6 is 0 Å². The Kier molecular flexibility index (Phi) is 4.44. The lowest BCUT2D eigenvalue weighted by Crippen LogP contribution is -2.38. The molecule has 4 nitrogen and oxygen atoms in total. The maximum Gasteiger partial charge on any atom is 0.150 e. The number of sulfone groups is 1. The van der Waals surface area contributed by atoms with Crippen molar-refractivity contribution >= 4 is 9.84 Å². The molecule has 0 aromatic rings. The van der Waals surface area contributed by atoms with Gasteiger partial charge in [-0.05, 0) is 38.1 Å². The van der Waals surface area contributed by atoms with Crippen molar-refractivity contribution in [3.05, 3.63) is 0 Å². The minimum Gasteiger partial charge on any atom is -0.376 e. The molecule has 2 fully saturated rings. The molecule has 1 saturated heterocycles. The molecule has 17 heavy (non-hydrogen) atoms. The normalized spacial score (nSPS) is 29.7. The van der Waals surface area contributed by atoms with Gasteiger partial charge in [0.05, 0.1) is 11.9 Å². The highest BCUT2D eigenvalue weighted by molar-refractivity contribution is 7.91. The van der Waals surface area contributed by atoms with Gasteiger partial charge in [0.2, 0.25) is 0 Å². The van der Waals surface area contributed by atoms with Crippen LogP contribution in [0.2, 0.25) is 0 Å². The summed E-state index contributed by atoms with van der Waals surface area (Å²) in [5.41, 5.74) is 0. The Bertz CT molecular complexity index is 338. The molecule has 0 amide bonds. The predicted octanol–water partition coefficient (Wildman–Crippen LogP) is 0.968. The molecule has 2 rings (SSSR count). The minimum absolute atomic E-state index is 0.254. The van der Waals surface area contributed by atoms with Gasteiger partial charge in [-0.1, -0.05) is 6.92 Å². The monoisotopic (exact) mass is 261 g/mol. The molecule has 1 N–H and O–H groups in total. The van der Waals surface area contributed by atoms with Crippen LogP contribution in [0, 0.1) is 5.92 Å². The molecule has 1 heterocycles. The second-order valence-electron chi connectivity index (χ2n) is 5.11. The average molecular weight is 261 g/mol. The summed E-state index contributed by atoms with van der Waals surface area (Å²) in [7, 11) is -2.80. The first-order valence-electron chi connectivity index (χ1n) is 6.68. The molecule has 0 bridgehead atoms. The smallest absolute Gasteiger partial charge is 0.150 e. The molecule has 0 aromatic heterocycles. The summed E-state index contributed by atoms with van der Waals surface area (Å²) < 4.78 is 28.4. The van der Waals surface area contributed by atoms with E-state index in [2.05, 4.69) is 5.32 Å². The largest absolute Gasteiger partial charge is 0.376 e. The fourth-order valence-electron chi connectivity index (χ4n) is 2.44. The van der Waals surface area contributed by atoms with Gasteiger partial charge in [-0.3, -0.25) is 0 Å². The molecule has 100 valence electrons. The zero-order chi connectivity index (χ0) is 12.3. The first kappa shape index (κ1) is 13.3. The van der Waals surface area contributed by atoms with Crippen molar-refractivity contribution in [2.45, 2.75) is 44.8 Å². The van der Waals surface area contributed by atoms with E-state index in [4.69, 9.17) is 4.74 Å². The van der Waals surface area contributed by atoms with E-state index in [9.17, 15) is 8.42 Å². The summed E-state index contributed by atoms with van der Waals surface area (Å²) in [6.07, 6.45) is 4.77. The molecular formula is C12H23NO3S. The Hall–Kier alpha value is -0.130. The molecule has 0 aromatic carbocycles. The first-order valence-corrected chi connectivity index (χ1v) is 8.50. The van der Waals surface area contributed by atoms with Crippen molar-refractivity contribution in [2.75, 3.05) is 24.7 Å².